The molecule has 1 aromatic carbocycles. The summed E-state index contributed by atoms with van der Waals surface area (Å²) in [7, 11) is 0. The third-order valence-electron chi connectivity index (χ3n) is 4.35. The molecule has 0 spiro atoms. The summed E-state index contributed by atoms with van der Waals surface area (Å²) in [5, 5.41) is 3.35. The fourth-order valence-corrected chi connectivity index (χ4v) is 3.10. The molecule has 2 aromatic heterocycles. The molecule has 0 fully saturated rings. The quantitative estimate of drug-likeness (QED) is 0.789. The van der Waals surface area contributed by atoms with Gasteiger partial charge >= 0.3 is 0 Å². The van der Waals surface area contributed by atoms with Crippen LogP contribution in [0.15, 0.2) is 67.3 Å². The van der Waals surface area contributed by atoms with Crippen LogP contribution in [0.25, 0.3) is 22.4 Å². The van der Waals surface area contributed by atoms with Gasteiger partial charge in [-0.15, -0.1) is 0 Å². The highest BCUT2D eigenvalue weighted by atomic mass is 19.1. The second kappa shape index (κ2) is 6.42. The monoisotopic (exact) mass is 319 g/mol. The number of rotatable bonds is 3. The highest BCUT2D eigenvalue weighted by molar-refractivity contribution is 5.82. The van der Waals surface area contributed by atoms with E-state index >= 15 is 0 Å². The van der Waals surface area contributed by atoms with Crippen LogP contribution in [0.1, 0.15) is 12.0 Å². The van der Waals surface area contributed by atoms with Crippen LogP contribution in [0.2, 0.25) is 0 Å². The number of aromatic nitrogens is 2. The lowest BCUT2D eigenvalue weighted by Gasteiger charge is -2.14. The first-order valence-corrected chi connectivity index (χ1v) is 8.10. The van der Waals surface area contributed by atoms with Gasteiger partial charge in [-0.05, 0) is 60.5 Å². The summed E-state index contributed by atoms with van der Waals surface area (Å²) < 4.78 is 15.3. The van der Waals surface area contributed by atoms with Gasteiger partial charge in [-0.3, -0.25) is 4.98 Å². The number of benzene rings is 1. The maximum atomic E-state index is 13.2. The molecule has 120 valence electrons. The zero-order valence-corrected chi connectivity index (χ0v) is 13.2. The first-order chi connectivity index (χ1) is 11.8. The minimum atomic E-state index is -0.221. The first-order valence-electron chi connectivity index (χ1n) is 8.10. The van der Waals surface area contributed by atoms with Gasteiger partial charge in [0.2, 0.25) is 0 Å². The second-order valence-corrected chi connectivity index (χ2v) is 5.89. The molecule has 24 heavy (non-hydrogen) atoms. The van der Waals surface area contributed by atoms with E-state index in [-0.39, 0.29) is 5.82 Å². The summed E-state index contributed by atoms with van der Waals surface area (Å²) in [5.74, 6) is -0.221. The minimum absolute atomic E-state index is 0.221. The van der Waals surface area contributed by atoms with Crippen LogP contribution in [0.4, 0.5) is 4.39 Å². The predicted octanol–water partition coefficient (Wildman–Crippen LogP) is 4.06. The number of nitrogens with one attached hydrogen (secondary N) is 1. The van der Waals surface area contributed by atoms with Crippen LogP contribution in [0.3, 0.4) is 0 Å². The molecule has 0 saturated carbocycles. The summed E-state index contributed by atoms with van der Waals surface area (Å²) >= 11 is 0. The van der Waals surface area contributed by atoms with E-state index in [1.807, 2.05) is 24.5 Å². The fourth-order valence-electron chi connectivity index (χ4n) is 3.10. The van der Waals surface area contributed by atoms with Gasteiger partial charge in [-0.25, -0.2) is 4.39 Å². The molecule has 0 aliphatic carbocycles. The molecule has 1 aliphatic rings. The van der Waals surface area contributed by atoms with Gasteiger partial charge < -0.3 is 9.88 Å². The molecule has 0 radical (unpaired) electrons. The van der Waals surface area contributed by atoms with Crippen molar-refractivity contribution in [1.82, 2.24) is 14.9 Å². The van der Waals surface area contributed by atoms with Crippen molar-refractivity contribution in [3.8, 4) is 16.8 Å². The van der Waals surface area contributed by atoms with Crippen molar-refractivity contribution in [2.75, 3.05) is 13.1 Å². The Bertz CT molecular complexity index is 864. The Morgan fingerprint density at radius 1 is 0.958 bits per heavy atom. The summed E-state index contributed by atoms with van der Waals surface area (Å²) in [5.41, 5.74) is 5.84. The first kappa shape index (κ1) is 14.8. The largest absolute Gasteiger partial charge is 0.323 e. The Labute approximate surface area is 140 Å². The number of nitrogens with zero attached hydrogens (tertiary/aromatic N) is 2. The van der Waals surface area contributed by atoms with Gasteiger partial charge in [0.25, 0.3) is 0 Å². The van der Waals surface area contributed by atoms with Crippen molar-refractivity contribution in [3.63, 3.8) is 0 Å². The van der Waals surface area contributed by atoms with Crippen molar-refractivity contribution in [3.05, 3.63) is 78.6 Å². The highest BCUT2D eigenvalue weighted by Gasteiger charge is 2.15. The Kier molecular flexibility index (Phi) is 3.97. The third-order valence-corrected chi connectivity index (χ3v) is 4.35. The lowest BCUT2D eigenvalue weighted by atomic mass is 9.96. The molecular weight excluding hydrogens is 301 g/mol. The van der Waals surface area contributed by atoms with E-state index in [0.717, 1.165) is 30.8 Å². The van der Waals surface area contributed by atoms with Crippen molar-refractivity contribution < 1.29 is 4.39 Å². The van der Waals surface area contributed by atoms with Gasteiger partial charge in [0.05, 0.1) is 0 Å². The van der Waals surface area contributed by atoms with E-state index in [2.05, 4.69) is 33.3 Å². The van der Waals surface area contributed by atoms with Crippen molar-refractivity contribution in [2.24, 2.45) is 0 Å². The SMILES string of the molecule is Fc1ccc(-n2cc(C3=CCNCC3)c(-c3ccncc3)c2)cc1. The van der Waals surface area contributed by atoms with Gasteiger partial charge in [-0.2, -0.15) is 0 Å². The van der Waals surface area contributed by atoms with Crippen molar-refractivity contribution in [1.29, 1.82) is 0 Å². The van der Waals surface area contributed by atoms with Crippen LogP contribution in [0.5, 0.6) is 0 Å². The average molecular weight is 319 g/mol. The van der Waals surface area contributed by atoms with E-state index < -0.39 is 0 Å². The van der Waals surface area contributed by atoms with Crippen LogP contribution < -0.4 is 5.32 Å². The molecule has 3 nitrogen and oxygen atoms in total. The Morgan fingerprint density at radius 3 is 2.42 bits per heavy atom. The molecular formula is C20H18FN3. The topological polar surface area (TPSA) is 29.9 Å². The van der Waals surface area contributed by atoms with Gasteiger partial charge in [-0.1, -0.05) is 6.08 Å². The predicted molar refractivity (Wildman–Crippen MR) is 94.4 cm³/mol. The van der Waals surface area contributed by atoms with Gasteiger partial charge in [0.15, 0.2) is 0 Å². The maximum absolute atomic E-state index is 13.2. The summed E-state index contributed by atoms with van der Waals surface area (Å²) in [6.07, 6.45) is 11.1. The maximum Gasteiger partial charge on any atom is 0.123 e. The molecule has 0 atom stereocenters. The summed E-state index contributed by atoms with van der Waals surface area (Å²) in [4.78, 5) is 4.11. The van der Waals surface area contributed by atoms with E-state index in [1.165, 1.54) is 28.8 Å². The van der Waals surface area contributed by atoms with Crippen molar-refractivity contribution >= 4 is 5.57 Å². The Balaban J connectivity index is 1.84. The van der Waals surface area contributed by atoms with Crippen LogP contribution in [-0.4, -0.2) is 22.6 Å². The molecule has 1 N–H and O–H groups in total. The number of hydrogen-bond donors (Lipinski definition) is 1. The molecule has 3 aromatic rings. The van der Waals surface area contributed by atoms with Crippen LogP contribution in [-0.2, 0) is 0 Å². The van der Waals surface area contributed by atoms with E-state index in [9.17, 15) is 4.39 Å². The Hall–Kier alpha value is -2.72. The average Bonchev–Trinajstić information content (AvgIpc) is 3.09. The molecule has 0 amide bonds. The zero-order chi connectivity index (χ0) is 16.4. The summed E-state index contributed by atoms with van der Waals surface area (Å²) in [6, 6.07) is 10.6. The van der Waals surface area contributed by atoms with E-state index in [4.69, 9.17) is 0 Å². The standard InChI is InChI=1S/C20H18FN3/c21-17-1-3-18(4-2-17)24-13-19(15-5-9-22-10-6-15)20(14-24)16-7-11-23-12-8-16/h1-7,9-10,13-14,23H,8,11-12H2. The highest BCUT2D eigenvalue weighted by Crippen LogP contribution is 2.33. The molecule has 4 heteroatoms. The van der Waals surface area contributed by atoms with Crippen LogP contribution in [0, 0.1) is 5.82 Å². The van der Waals surface area contributed by atoms with Crippen LogP contribution >= 0.6 is 0 Å². The lowest BCUT2D eigenvalue weighted by Crippen LogP contribution is -2.20. The van der Waals surface area contributed by atoms with E-state index in [1.54, 1.807) is 12.1 Å². The molecule has 0 saturated heterocycles. The minimum Gasteiger partial charge on any atom is -0.323 e. The zero-order valence-electron chi connectivity index (χ0n) is 13.2. The second-order valence-electron chi connectivity index (χ2n) is 5.89. The molecule has 4 rings (SSSR count). The van der Waals surface area contributed by atoms with E-state index in [0.29, 0.717) is 0 Å². The number of hydrogen-bond acceptors (Lipinski definition) is 2. The molecule has 3 heterocycles. The molecule has 0 bridgehead atoms. The summed E-state index contributed by atoms with van der Waals surface area (Å²) in [6.45, 7) is 1.89. The molecule has 0 unspecified atom stereocenters. The smallest absolute Gasteiger partial charge is 0.123 e. The molecule has 1 aliphatic heterocycles. The Morgan fingerprint density at radius 2 is 1.71 bits per heavy atom. The number of halogens is 1. The fraction of sp³-hybridized carbons (Fsp3) is 0.150. The lowest BCUT2D eigenvalue weighted by molar-refractivity contribution is 0.627. The normalized spacial score (nSPS) is 14.5. The third kappa shape index (κ3) is 2.88. The van der Waals surface area contributed by atoms with Gasteiger partial charge in [0.1, 0.15) is 5.82 Å². The number of pyridine rings is 1. The van der Waals surface area contributed by atoms with Gasteiger partial charge in [0, 0.05) is 48.1 Å². The van der Waals surface area contributed by atoms with Crippen molar-refractivity contribution in [2.45, 2.75) is 6.42 Å².